The van der Waals surface area contributed by atoms with Gasteiger partial charge in [0, 0.05) is 17.8 Å². The second-order valence-electron chi connectivity index (χ2n) is 5.35. The number of halogens is 4. The van der Waals surface area contributed by atoms with E-state index in [-0.39, 0.29) is 17.3 Å². The molecule has 2 heterocycles. The zero-order valence-electron chi connectivity index (χ0n) is 12.9. The maximum Gasteiger partial charge on any atom is 0.435 e. The van der Waals surface area contributed by atoms with E-state index in [2.05, 4.69) is 20.6 Å². The smallest absolute Gasteiger partial charge is 0.361 e. The van der Waals surface area contributed by atoms with E-state index in [1.165, 1.54) is 12.3 Å². The van der Waals surface area contributed by atoms with Crippen LogP contribution in [0.2, 0.25) is 0 Å². The molecule has 9 heteroatoms. The van der Waals surface area contributed by atoms with Crippen LogP contribution in [0.3, 0.4) is 0 Å². The van der Waals surface area contributed by atoms with Gasteiger partial charge in [0.25, 0.3) is 0 Å². The summed E-state index contributed by atoms with van der Waals surface area (Å²) in [7, 11) is 0. The number of anilines is 1. The van der Waals surface area contributed by atoms with E-state index in [0.717, 1.165) is 18.3 Å². The van der Waals surface area contributed by atoms with Crippen LogP contribution in [0.5, 0.6) is 0 Å². The van der Waals surface area contributed by atoms with Gasteiger partial charge >= 0.3 is 6.18 Å². The van der Waals surface area contributed by atoms with E-state index >= 15 is 0 Å². The monoisotopic (exact) mass is 344 g/mol. The molecule has 24 heavy (non-hydrogen) atoms. The number of hydrogen-bond acceptors (Lipinski definition) is 5. The lowest BCUT2D eigenvalue weighted by Gasteiger charge is -2.21. The lowest BCUT2D eigenvalue weighted by molar-refractivity contribution is -0.140. The first-order chi connectivity index (χ1) is 11.2. The van der Waals surface area contributed by atoms with Crippen molar-refractivity contribution in [2.45, 2.75) is 32.4 Å². The number of aliphatic hydroxyl groups excluding tert-OH is 1. The molecule has 0 spiro atoms. The van der Waals surface area contributed by atoms with E-state index in [9.17, 15) is 22.7 Å². The Labute approximate surface area is 135 Å². The van der Waals surface area contributed by atoms with Crippen LogP contribution in [0.1, 0.15) is 19.5 Å². The van der Waals surface area contributed by atoms with Crippen LogP contribution >= 0.6 is 0 Å². The highest BCUT2D eigenvalue weighted by Gasteiger charge is 2.36. The summed E-state index contributed by atoms with van der Waals surface area (Å²) < 4.78 is 52.9. The van der Waals surface area contributed by atoms with Crippen LogP contribution in [0.4, 0.5) is 23.2 Å². The van der Waals surface area contributed by atoms with Gasteiger partial charge in [0.15, 0.2) is 12.0 Å². The van der Waals surface area contributed by atoms with Crippen molar-refractivity contribution in [1.82, 2.24) is 15.3 Å². The van der Waals surface area contributed by atoms with Crippen LogP contribution < -0.4 is 10.6 Å². The minimum Gasteiger partial charge on any atom is -0.361 e. The van der Waals surface area contributed by atoms with Crippen molar-refractivity contribution in [3.05, 3.63) is 42.1 Å². The molecule has 5 nitrogen and oxygen atoms in total. The molecule has 130 valence electrons. The summed E-state index contributed by atoms with van der Waals surface area (Å²) in [5.74, 6) is -0.679. The molecule has 0 radical (unpaired) electrons. The fourth-order valence-corrected chi connectivity index (χ4v) is 2.01. The molecule has 1 atom stereocenters. The molecule has 2 aromatic rings. The van der Waals surface area contributed by atoms with Crippen molar-refractivity contribution in [3.63, 3.8) is 0 Å². The number of nitrogens with zero attached hydrogens (tertiary/aromatic N) is 2. The fraction of sp³-hybridized carbons (Fsp3) is 0.333. The van der Waals surface area contributed by atoms with Gasteiger partial charge in [-0.2, -0.15) is 13.2 Å². The highest BCUT2D eigenvalue weighted by molar-refractivity contribution is 5.62. The third-order valence-electron chi connectivity index (χ3n) is 2.95. The van der Waals surface area contributed by atoms with Gasteiger partial charge < -0.3 is 10.4 Å². The Morgan fingerprint density at radius 3 is 2.46 bits per heavy atom. The summed E-state index contributed by atoms with van der Waals surface area (Å²) in [5.41, 5.74) is -1.57. The Morgan fingerprint density at radius 1 is 1.17 bits per heavy atom. The first kappa shape index (κ1) is 18.1. The van der Waals surface area contributed by atoms with Gasteiger partial charge in [-0.3, -0.25) is 10.3 Å². The van der Waals surface area contributed by atoms with Gasteiger partial charge in [0.05, 0.1) is 17.6 Å². The minimum atomic E-state index is -4.75. The van der Waals surface area contributed by atoms with Crippen molar-refractivity contribution in [2.24, 2.45) is 0 Å². The van der Waals surface area contributed by atoms with Crippen LogP contribution in [0, 0.1) is 5.82 Å². The summed E-state index contributed by atoms with van der Waals surface area (Å²) >= 11 is 0. The van der Waals surface area contributed by atoms with Gasteiger partial charge in [-0.1, -0.05) is 0 Å². The van der Waals surface area contributed by atoms with E-state index in [1.54, 1.807) is 13.8 Å². The average Bonchev–Trinajstić information content (AvgIpc) is 2.45. The Bertz CT molecular complexity index is 706. The Hall–Kier alpha value is -2.26. The number of aromatic nitrogens is 2. The number of alkyl halides is 3. The van der Waals surface area contributed by atoms with Crippen molar-refractivity contribution in [1.29, 1.82) is 0 Å². The summed E-state index contributed by atoms with van der Waals surface area (Å²) in [6, 6.07) is 3.31. The van der Waals surface area contributed by atoms with Crippen LogP contribution in [-0.4, -0.2) is 27.5 Å². The van der Waals surface area contributed by atoms with E-state index in [0.29, 0.717) is 0 Å². The van der Waals surface area contributed by atoms with Gasteiger partial charge in [-0.15, -0.1) is 0 Å². The summed E-state index contributed by atoms with van der Waals surface area (Å²) in [5, 5.41) is 14.6. The van der Waals surface area contributed by atoms with Crippen LogP contribution in [-0.2, 0) is 6.18 Å². The molecular formula is C15H16F4N4O. The first-order valence-electron chi connectivity index (χ1n) is 7.06. The summed E-state index contributed by atoms with van der Waals surface area (Å²) in [6.07, 6.45) is -3.97. The lowest BCUT2D eigenvalue weighted by Crippen LogP contribution is -2.40. The Kier molecular flexibility index (Phi) is 5.35. The second-order valence-corrected chi connectivity index (χ2v) is 5.35. The molecule has 0 fully saturated rings. The molecule has 0 bridgehead atoms. The summed E-state index contributed by atoms with van der Waals surface area (Å²) in [6.45, 7) is 3.46. The Balaban J connectivity index is 2.39. The van der Waals surface area contributed by atoms with Crippen LogP contribution in [0.15, 0.2) is 30.6 Å². The second kappa shape index (κ2) is 7.10. The van der Waals surface area contributed by atoms with Crippen molar-refractivity contribution < 1.29 is 22.7 Å². The molecule has 0 aromatic carbocycles. The van der Waals surface area contributed by atoms with Crippen molar-refractivity contribution in [2.75, 3.05) is 5.32 Å². The maximum atomic E-state index is 13.2. The average molecular weight is 344 g/mol. The minimum absolute atomic E-state index is 0.0776. The van der Waals surface area contributed by atoms with Crippen molar-refractivity contribution in [3.8, 4) is 11.3 Å². The summed E-state index contributed by atoms with van der Waals surface area (Å²) in [4.78, 5) is 7.15. The molecule has 2 aromatic heterocycles. The zero-order valence-corrected chi connectivity index (χ0v) is 12.9. The standard InChI is InChI=1S/C15H16F4N4O/c1-8(2)21-14(24)23-12-4-3-11(22-13(12)15(17,18)19)9-5-10(16)7-20-6-9/h3-8,14,21,23-24H,1-2H3. The highest BCUT2D eigenvalue weighted by atomic mass is 19.4. The van der Waals surface area contributed by atoms with Crippen LogP contribution in [0.25, 0.3) is 11.3 Å². The topological polar surface area (TPSA) is 70.1 Å². The van der Waals surface area contributed by atoms with E-state index in [4.69, 9.17) is 0 Å². The third kappa shape index (κ3) is 4.62. The molecular weight excluding hydrogens is 328 g/mol. The number of rotatable bonds is 5. The molecule has 0 aliphatic rings. The SMILES string of the molecule is CC(C)NC(O)Nc1ccc(-c2cncc(F)c2)nc1C(F)(F)F. The molecule has 0 aliphatic heterocycles. The molecule has 2 rings (SSSR count). The van der Waals surface area contributed by atoms with Gasteiger partial charge in [0.2, 0.25) is 0 Å². The molecule has 1 unspecified atom stereocenters. The number of aliphatic hydroxyl groups is 1. The molecule has 0 saturated carbocycles. The van der Waals surface area contributed by atoms with Gasteiger partial charge in [-0.25, -0.2) is 9.37 Å². The van der Waals surface area contributed by atoms with E-state index in [1.807, 2.05) is 0 Å². The van der Waals surface area contributed by atoms with Gasteiger partial charge in [0.1, 0.15) is 5.82 Å². The predicted molar refractivity (Wildman–Crippen MR) is 80.3 cm³/mol. The predicted octanol–water partition coefficient (Wildman–Crippen LogP) is 2.99. The quantitative estimate of drug-likeness (QED) is 0.575. The number of pyridine rings is 2. The molecule has 3 N–H and O–H groups in total. The first-order valence-corrected chi connectivity index (χ1v) is 7.06. The third-order valence-corrected chi connectivity index (χ3v) is 2.95. The fourth-order valence-electron chi connectivity index (χ4n) is 2.01. The van der Waals surface area contributed by atoms with E-state index < -0.39 is 29.7 Å². The molecule has 0 aliphatic carbocycles. The lowest BCUT2D eigenvalue weighted by atomic mass is 10.1. The molecule has 0 amide bonds. The maximum absolute atomic E-state index is 13.2. The number of hydrogen-bond donors (Lipinski definition) is 3. The molecule has 0 saturated heterocycles. The van der Waals surface area contributed by atoms with Crippen molar-refractivity contribution >= 4 is 5.69 Å². The number of nitrogens with one attached hydrogen (secondary N) is 2. The zero-order chi connectivity index (χ0) is 17.9. The normalized spacial score (nSPS) is 13.2. The largest absolute Gasteiger partial charge is 0.435 e. The Morgan fingerprint density at radius 2 is 1.88 bits per heavy atom. The highest BCUT2D eigenvalue weighted by Crippen LogP contribution is 2.35. The van der Waals surface area contributed by atoms with Gasteiger partial charge in [-0.05, 0) is 32.0 Å².